The van der Waals surface area contributed by atoms with Crippen LogP contribution in [0.5, 0.6) is 5.75 Å². The Kier molecular flexibility index (Phi) is 5.73. The Balaban J connectivity index is 1.39. The molecule has 0 spiro atoms. The molecule has 0 aliphatic carbocycles. The summed E-state index contributed by atoms with van der Waals surface area (Å²) in [7, 11) is 0. The third-order valence-corrected chi connectivity index (χ3v) is 4.74. The van der Waals surface area contributed by atoms with Gasteiger partial charge in [-0.15, -0.1) is 0 Å². The number of rotatable bonds is 5. The van der Waals surface area contributed by atoms with Gasteiger partial charge in [-0.25, -0.2) is 9.59 Å². The van der Waals surface area contributed by atoms with Crippen LogP contribution in [-0.4, -0.2) is 60.5 Å². The largest absolute Gasteiger partial charge is 0.453 e. The summed E-state index contributed by atoms with van der Waals surface area (Å²) < 4.78 is 27.5. The number of carbonyl (C=O) groups excluding carboxylic acids is 3. The van der Waals surface area contributed by atoms with Crippen molar-refractivity contribution in [3.63, 3.8) is 0 Å². The third kappa shape index (κ3) is 4.17. The van der Waals surface area contributed by atoms with E-state index in [0.29, 0.717) is 5.56 Å². The van der Waals surface area contributed by atoms with Crippen LogP contribution in [0, 0.1) is 0 Å². The van der Waals surface area contributed by atoms with Crippen LogP contribution in [-0.2, 0) is 23.7 Å². The predicted molar refractivity (Wildman–Crippen MR) is 99.9 cm³/mol. The molecule has 1 unspecified atom stereocenters. The van der Waals surface area contributed by atoms with Gasteiger partial charge in [0.15, 0.2) is 12.2 Å². The first-order chi connectivity index (χ1) is 14.5. The number of esters is 3. The molecule has 0 saturated carbocycles. The maximum Gasteiger partial charge on any atom is 0.342 e. The molecular weight excluding hydrogens is 394 g/mol. The topological polar surface area (TPSA) is 110 Å². The van der Waals surface area contributed by atoms with Gasteiger partial charge in [0.1, 0.15) is 23.5 Å². The number of ether oxygens (including phenoxy) is 5. The zero-order chi connectivity index (χ0) is 21.1. The number of hydrogen-bond acceptors (Lipinski definition) is 9. The Bertz CT molecular complexity index is 947. The molecule has 2 fully saturated rings. The zero-order valence-corrected chi connectivity index (χ0v) is 16.1. The van der Waals surface area contributed by atoms with E-state index in [1.54, 1.807) is 30.5 Å². The van der Waals surface area contributed by atoms with Crippen LogP contribution in [0.4, 0.5) is 0 Å². The Morgan fingerprint density at radius 3 is 2.23 bits per heavy atom. The lowest BCUT2D eigenvalue weighted by atomic mass is 10.1. The monoisotopic (exact) mass is 413 g/mol. The summed E-state index contributed by atoms with van der Waals surface area (Å²) in [6, 6.07) is 9.53. The van der Waals surface area contributed by atoms with E-state index in [2.05, 4.69) is 4.98 Å². The Hall–Kier alpha value is -3.30. The van der Waals surface area contributed by atoms with Gasteiger partial charge in [-0.1, -0.05) is 12.1 Å². The van der Waals surface area contributed by atoms with Gasteiger partial charge in [-0.05, 0) is 24.3 Å². The van der Waals surface area contributed by atoms with Crippen LogP contribution >= 0.6 is 0 Å². The average Bonchev–Trinajstić information content (AvgIpc) is 3.32. The highest BCUT2D eigenvalue weighted by atomic mass is 16.7. The van der Waals surface area contributed by atoms with Crippen molar-refractivity contribution >= 4 is 17.9 Å². The van der Waals surface area contributed by atoms with Crippen molar-refractivity contribution in [2.75, 3.05) is 13.2 Å². The van der Waals surface area contributed by atoms with Crippen molar-refractivity contribution in [1.82, 2.24) is 4.98 Å². The van der Waals surface area contributed by atoms with Crippen molar-refractivity contribution in [3.05, 3.63) is 59.9 Å². The summed E-state index contributed by atoms with van der Waals surface area (Å²) in [5, 5.41) is 0. The van der Waals surface area contributed by atoms with Gasteiger partial charge in [0.05, 0.1) is 18.8 Å². The minimum Gasteiger partial charge on any atom is -0.453 e. The summed E-state index contributed by atoms with van der Waals surface area (Å²) >= 11 is 0. The van der Waals surface area contributed by atoms with Crippen molar-refractivity contribution in [2.45, 2.75) is 31.3 Å². The number of para-hydroxylation sites is 1. The first kappa shape index (κ1) is 20.0. The van der Waals surface area contributed by atoms with E-state index < -0.39 is 42.3 Å². The fourth-order valence-corrected chi connectivity index (χ4v) is 3.40. The second-order valence-corrected chi connectivity index (χ2v) is 6.81. The molecule has 2 aliphatic heterocycles. The lowest BCUT2D eigenvalue weighted by Crippen LogP contribution is -2.36. The van der Waals surface area contributed by atoms with Crippen LogP contribution in [0.25, 0.3) is 0 Å². The molecule has 2 saturated heterocycles. The van der Waals surface area contributed by atoms with Gasteiger partial charge in [0.2, 0.25) is 0 Å². The number of carbonyl (C=O) groups is 3. The standard InChI is InChI=1S/C21H19NO8/c1-12(23)28-15-7-3-2-6-14(15)21(25)30-17-11-27-18-16(10-26-19(17)18)29-20(24)13-5-4-8-22-9-13/h2-9,16-19H,10-11H2,1H3/t16?,17-,18+,19+/m0/s1. The molecule has 0 bridgehead atoms. The molecule has 1 aromatic carbocycles. The Labute approximate surface area is 171 Å². The molecule has 4 atom stereocenters. The van der Waals surface area contributed by atoms with Crippen LogP contribution in [0.1, 0.15) is 27.6 Å². The highest BCUT2D eigenvalue weighted by Gasteiger charge is 2.51. The van der Waals surface area contributed by atoms with Crippen molar-refractivity contribution < 1.29 is 38.1 Å². The van der Waals surface area contributed by atoms with Gasteiger partial charge in [0.25, 0.3) is 0 Å². The molecule has 4 rings (SSSR count). The molecule has 0 amide bonds. The normalized spacial score (nSPS) is 24.7. The first-order valence-corrected chi connectivity index (χ1v) is 9.35. The van der Waals surface area contributed by atoms with E-state index in [-0.39, 0.29) is 24.5 Å². The summed E-state index contributed by atoms with van der Waals surface area (Å²) in [5.41, 5.74) is 0.442. The van der Waals surface area contributed by atoms with Crippen LogP contribution in [0.15, 0.2) is 48.8 Å². The lowest BCUT2D eigenvalue weighted by Gasteiger charge is -2.18. The van der Waals surface area contributed by atoms with Crippen molar-refractivity contribution in [3.8, 4) is 5.75 Å². The smallest absolute Gasteiger partial charge is 0.342 e. The summed E-state index contributed by atoms with van der Waals surface area (Å²) in [4.78, 5) is 40.0. The highest BCUT2D eigenvalue weighted by molar-refractivity contribution is 5.93. The minimum atomic E-state index is -0.685. The fourth-order valence-electron chi connectivity index (χ4n) is 3.40. The molecule has 0 N–H and O–H groups in total. The average molecular weight is 413 g/mol. The van der Waals surface area contributed by atoms with Crippen LogP contribution in [0.2, 0.25) is 0 Å². The highest BCUT2D eigenvalue weighted by Crippen LogP contribution is 2.32. The predicted octanol–water partition coefficient (Wildman–Crippen LogP) is 1.56. The second kappa shape index (κ2) is 8.60. The van der Waals surface area contributed by atoms with E-state index in [0.717, 1.165) is 0 Å². The van der Waals surface area contributed by atoms with Gasteiger partial charge in [-0.3, -0.25) is 9.78 Å². The number of benzene rings is 1. The summed E-state index contributed by atoms with van der Waals surface area (Å²) in [6.45, 7) is 1.47. The molecule has 3 heterocycles. The van der Waals surface area contributed by atoms with Gasteiger partial charge >= 0.3 is 17.9 Å². The van der Waals surface area contributed by atoms with Crippen molar-refractivity contribution in [1.29, 1.82) is 0 Å². The molecule has 2 aromatic rings. The number of nitrogens with zero attached hydrogens (tertiary/aromatic N) is 1. The van der Waals surface area contributed by atoms with E-state index in [9.17, 15) is 14.4 Å². The molecule has 9 heteroatoms. The maximum absolute atomic E-state index is 12.6. The maximum atomic E-state index is 12.6. The molecule has 30 heavy (non-hydrogen) atoms. The Morgan fingerprint density at radius 1 is 0.933 bits per heavy atom. The first-order valence-electron chi connectivity index (χ1n) is 9.35. The second-order valence-electron chi connectivity index (χ2n) is 6.81. The SMILES string of the molecule is CC(=O)Oc1ccccc1C(=O)O[C@H]1CO[C@@H]2C(OC(=O)c3cccnc3)CO[C@H]12. The minimum absolute atomic E-state index is 0.0950. The molecule has 0 radical (unpaired) electrons. The van der Waals surface area contributed by atoms with E-state index in [1.807, 2.05) is 0 Å². The van der Waals surface area contributed by atoms with Crippen LogP contribution in [0.3, 0.4) is 0 Å². The number of hydrogen-bond donors (Lipinski definition) is 0. The van der Waals surface area contributed by atoms with E-state index in [1.165, 1.54) is 25.3 Å². The fraction of sp³-hybridized carbons (Fsp3) is 0.333. The molecule has 1 aromatic heterocycles. The van der Waals surface area contributed by atoms with Gasteiger partial charge in [-0.2, -0.15) is 0 Å². The molecular formula is C21H19NO8. The molecule has 156 valence electrons. The molecule has 9 nitrogen and oxygen atoms in total. The third-order valence-electron chi connectivity index (χ3n) is 4.74. The number of fused-ring (bicyclic) bond motifs is 1. The Morgan fingerprint density at radius 2 is 1.60 bits per heavy atom. The van der Waals surface area contributed by atoms with Crippen molar-refractivity contribution in [2.24, 2.45) is 0 Å². The van der Waals surface area contributed by atoms with E-state index in [4.69, 9.17) is 23.7 Å². The van der Waals surface area contributed by atoms with Gasteiger partial charge in [0, 0.05) is 19.3 Å². The van der Waals surface area contributed by atoms with E-state index >= 15 is 0 Å². The quantitative estimate of drug-likeness (QED) is 0.532. The van der Waals surface area contributed by atoms with Crippen LogP contribution < -0.4 is 4.74 Å². The van der Waals surface area contributed by atoms with Gasteiger partial charge < -0.3 is 23.7 Å². The number of pyridine rings is 1. The zero-order valence-electron chi connectivity index (χ0n) is 16.1. The lowest BCUT2D eigenvalue weighted by molar-refractivity contribution is -0.131. The molecule has 2 aliphatic rings. The summed E-state index contributed by atoms with van der Waals surface area (Å²) in [6.07, 6.45) is 0.545. The number of aromatic nitrogens is 1. The summed E-state index contributed by atoms with van der Waals surface area (Å²) in [5.74, 6) is -1.63.